The number of carbonyl (C=O) groups is 1. The van der Waals surface area contributed by atoms with Gasteiger partial charge in [-0.3, -0.25) is 4.79 Å². The number of carbonyl (C=O) groups excluding carboxylic acids is 1. The molecule has 0 saturated heterocycles. The number of hydrogen-bond acceptors (Lipinski definition) is 2. The fraction of sp³-hybridized carbons (Fsp3) is 0.417. The van der Waals surface area contributed by atoms with Gasteiger partial charge in [0.15, 0.2) is 0 Å². The minimum atomic E-state index is -4.50. The molecule has 0 atom stereocenters. The van der Waals surface area contributed by atoms with Crippen molar-refractivity contribution in [3.05, 3.63) is 29.3 Å². The molecule has 0 radical (unpaired) electrons. The molecule has 0 heterocycles. The van der Waals surface area contributed by atoms with Crippen LogP contribution in [0.5, 0.6) is 5.75 Å². The SMILES string of the molecule is O=Cc1ccc(OCC2CC2)c(C(F)(F)F)c1. The summed E-state index contributed by atoms with van der Waals surface area (Å²) in [6.07, 6.45) is -2.10. The van der Waals surface area contributed by atoms with E-state index in [2.05, 4.69) is 0 Å². The number of aldehydes is 1. The van der Waals surface area contributed by atoms with Crippen molar-refractivity contribution in [2.45, 2.75) is 19.0 Å². The Morgan fingerprint density at radius 3 is 2.59 bits per heavy atom. The molecule has 1 aromatic carbocycles. The number of rotatable bonds is 4. The van der Waals surface area contributed by atoms with Gasteiger partial charge >= 0.3 is 6.18 Å². The second-order valence-corrected chi connectivity index (χ2v) is 4.13. The normalized spacial score (nSPS) is 15.7. The smallest absolute Gasteiger partial charge is 0.419 e. The number of ether oxygens (including phenoxy) is 1. The predicted molar refractivity (Wildman–Crippen MR) is 55.1 cm³/mol. The zero-order chi connectivity index (χ0) is 12.5. The summed E-state index contributed by atoms with van der Waals surface area (Å²) in [5, 5.41) is 0. The van der Waals surface area contributed by atoms with E-state index in [0.717, 1.165) is 18.9 Å². The molecule has 17 heavy (non-hydrogen) atoms. The Morgan fingerprint density at radius 2 is 2.06 bits per heavy atom. The first-order valence-electron chi connectivity index (χ1n) is 5.30. The first-order chi connectivity index (χ1) is 8.00. The van der Waals surface area contributed by atoms with E-state index >= 15 is 0 Å². The summed E-state index contributed by atoms with van der Waals surface area (Å²) >= 11 is 0. The zero-order valence-corrected chi connectivity index (χ0v) is 8.96. The summed E-state index contributed by atoms with van der Waals surface area (Å²) in [4.78, 5) is 10.5. The first kappa shape index (κ1) is 12.0. The standard InChI is InChI=1S/C12H11F3O2/c13-12(14,15)10-5-9(6-16)3-4-11(10)17-7-8-1-2-8/h3-6,8H,1-2,7H2. The highest BCUT2D eigenvalue weighted by atomic mass is 19.4. The molecular weight excluding hydrogens is 233 g/mol. The maximum Gasteiger partial charge on any atom is 0.419 e. The molecule has 0 spiro atoms. The number of benzene rings is 1. The molecule has 1 aromatic rings. The lowest BCUT2D eigenvalue weighted by Gasteiger charge is -2.14. The molecule has 1 saturated carbocycles. The van der Waals surface area contributed by atoms with Crippen LogP contribution in [0, 0.1) is 5.92 Å². The van der Waals surface area contributed by atoms with Crippen molar-refractivity contribution in [3.8, 4) is 5.75 Å². The molecule has 1 aliphatic rings. The first-order valence-corrected chi connectivity index (χ1v) is 5.30. The van der Waals surface area contributed by atoms with E-state index in [0.29, 0.717) is 18.8 Å². The van der Waals surface area contributed by atoms with Crippen LogP contribution in [0.25, 0.3) is 0 Å². The van der Waals surface area contributed by atoms with Crippen LogP contribution in [0.2, 0.25) is 0 Å². The molecule has 2 rings (SSSR count). The molecule has 1 aliphatic carbocycles. The van der Waals surface area contributed by atoms with Gasteiger partial charge in [0.25, 0.3) is 0 Å². The monoisotopic (exact) mass is 244 g/mol. The van der Waals surface area contributed by atoms with Gasteiger partial charge in [-0.1, -0.05) is 0 Å². The quantitative estimate of drug-likeness (QED) is 0.759. The van der Waals surface area contributed by atoms with Crippen LogP contribution >= 0.6 is 0 Å². The molecule has 0 unspecified atom stereocenters. The highest BCUT2D eigenvalue weighted by molar-refractivity contribution is 5.75. The Balaban J connectivity index is 2.24. The van der Waals surface area contributed by atoms with Gasteiger partial charge in [-0.25, -0.2) is 0 Å². The van der Waals surface area contributed by atoms with Crippen molar-refractivity contribution >= 4 is 6.29 Å². The second-order valence-electron chi connectivity index (χ2n) is 4.13. The molecule has 0 aromatic heterocycles. The maximum atomic E-state index is 12.7. The number of halogens is 3. The van der Waals surface area contributed by atoms with Crippen LogP contribution in [0.15, 0.2) is 18.2 Å². The van der Waals surface area contributed by atoms with Gasteiger partial charge in [-0.15, -0.1) is 0 Å². The topological polar surface area (TPSA) is 26.3 Å². The third-order valence-corrected chi connectivity index (χ3v) is 2.62. The third-order valence-electron chi connectivity index (χ3n) is 2.62. The van der Waals surface area contributed by atoms with Crippen molar-refractivity contribution in [2.75, 3.05) is 6.61 Å². The summed E-state index contributed by atoms with van der Waals surface area (Å²) in [6.45, 7) is 0.309. The Kier molecular flexibility index (Phi) is 3.09. The van der Waals surface area contributed by atoms with Crippen LogP contribution in [0.4, 0.5) is 13.2 Å². The fourth-order valence-corrected chi connectivity index (χ4v) is 1.46. The lowest BCUT2D eigenvalue weighted by Crippen LogP contribution is -2.10. The van der Waals surface area contributed by atoms with E-state index in [1.807, 2.05) is 0 Å². The van der Waals surface area contributed by atoms with Gasteiger partial charge in [0.2, 0.25) is 0 Å². The Hall–Kier alpha value is -1.52. The van der Waals surface area contributed by atoms with Gasteiger partial charge in [-0.05, 0) is 37.0 Å². The molecule has 0 aliphatic heterocycles. The van der Waals surface area contributed by atoms with E-state index in [1.165, 1.54) is 12.1 Å². The van der Waals surface area contributed by atoms with Crippen molar-refractivity contribution in [3.63, 3.8) is 0 Å². The Labute approximate surface area is 96.4 Å². The van der Waals surface area contributed by atoms with E-state index in [9.17, 15) is 18.0 Å². The van der Waals surface area contributed by atoms with Crippen molar-refractivity contribution in [2.24, 2.45) is 5.92 Å². The van der Waals surface area contributed by atoms with Crippen LogP contribution in [-0.4, -0.2) is 12.9 Å². The van der Waals surface area contributed by atoms with Crippen LogP contribution in [-0.2, 0) is 6.18 Å². The fourth-order valence-electron chi connectivity index (χ4n) is 1.46. The molecule has 2 nitrogen and oxygen atoms in total. The molecule has 1 fully saturated rings. The van der Waals surface area contributed by atoms with E-state index in [-0.39, 0.29) is 11.3 Å². The average Bonchev–Trinajstić information content (AvgIpc) is 3.08. The van der Waals surface area contributed by atoms with Gasteiger partial charge in [-0.2, -0.15) is 13.2 Å². The summed E-state index contributed by atoms with van der Waals surface area (Å²) in [7, 11) is 0. The van der Waals surface area contributed by atoms with E-state index in [4.69, 9.17) is 4.74 Å². The molecule has 0 amide bonds. The van der Waals surface area contributed by atoms with Gasteiger partial charge in [0.05, 0.1) is 12.2 Å². The second kappa shape index (κ2) is 4.39. The minimum absolute atomic E-state index is 0.00361. The van der Waals surface area contributed by atoms with E-state index in [1.54, 1.807) is 0 Å². The highest BCUT2D eigenvalue weighted by Crippen LogP contribution is 2.38. The summed E-state index contributed by atoms with van der Waals surface area (Å²) in [6, 6.07) is 3.34. The van der Waals surface area contributed by atoms with Crippen molar-refractivity contribution in [1.82, 2.24) is 0 Å². The average molecular weight is 244 g/mol. The molecule has 5 heteroatoms. The zero-order valence-electron chi connectivity index (χ0n) is 8.96. The highest BCUT2D eigenvalue weighted by Gasteiger charge is 2.35. The Morgan fingerprint density at radius 1 is 1.35 bits per heavy atom. The molecule has 92 valence electrons. The Bertz CT molecular complexity index is 422. The largest absolute Gasteiger partial charge is 0.493 e. The molecular formula is C12H11F3O2. The van der Waals surface area contributed by atoms with E-state index < -0.39 is 11.7 Å². The van der Waals surface area contributed by atoms with Crippen molar-refractivity contribution in [1.29, 1.82) is 0 Å². The molecule has 0 N–H and O–H groups in total. The van der Waals surface area contributed by atoms with Gasteiger partial charge in [0.1, 0.15) is 12.0 Å². The minimum Gasteiger partial charge on any atom is -0.493 e. The molecule has 0 bridgehead atoms. The number of hydrogen-bond donors (Lipinski definition) is 0. The summed E-state index contributed by atoms with van der Waals surface area (Å²) in [5.41, 5.74) is -0.890. The summed E-state index contributed by atoms with van der Waals surface area (Å²) < 4.78 is 43.3. The third kappa shape index (κ3) is 2.99. The lowest BCUT2D eigenvalue weighted by atomic mass is 10.1. The van der Waals surface area contributed by atoms with Crippen molar-refractivity contribution < 1.29 is 22.7 Å². The van der Waals surface area contributed by atoms with Gasteiger partial charge < -0.3 is 4.74 Å². The summed E-state index contributed by atoms with van der Waals surface area (Å²) in [5.74, 6) is 0.178. The van der Waals surface area contributed by atoms with Crippen LogP contribution < -0.4 is 4.74 Å². The lowest BCUT2D eigenvalue weighted by molar-refractivity contribution is -0.139. The van der Waals surface area contributed by atoms with Crippen LogP contribution in [0.3, 0.4) is 0 Å². The predicted octanol–water partition coefficient (Wildman–Crippen LogP) is 3.31. The van der Waals surface area contributed by atoms with Crippen LogP contribution in [0.1, 0.15) is 28.8 Å². The van der Waals surface area contributed by atoms with Gasteiger partial charge in [0, 0.05) is 5.56 Å². The maximum absolute atomic E-state index is 12.7. The number of alkyl halides is 3.